The average molecular weight is 368 g/mol. The molecule has 0 spiro atoms. The van der Waals surface area contributed by atoms with E-state index in [1.54, 1.807) is 6.07 Å². The number of carbonyl (C=O) groups is 1. The van der Waals surface area contributed by atoms with Gasteiger partial charge in [0.2, 0.25) is 0 Å². The van der Waals surface area contributed by atoms with Crippen LogP contribution in [0.5, 0.6) is 0 Å². The zero-order chi connectivity index (χ0) is 18.7. The molecule has 0 aromatic heterocycles. The molecule has 26 heavy (non-hydrogen) atoms. The van der Waals surface area contributed by atoms with Crippen molar-refractivity contribution in [3.05, 3.63) is 86.4 Å². The number of nitrogens with zero attached hydrogens (tertiary/aromatic N) is 2. The van der Waals surface area contributed by atoms with Crippen molar-refractivity contribution in [2.24, 2.45) is 5.10 Å². The summed E-state index contributed by atoms with van der Waals surface area (Å²) < 4.78 is 0. The molecular formula is C19H14ClN3O3. The van der Waals surface area contributed by atoms with Crippen LogP contribution in [0, 0.1) is 17.0 Å². The molecule has 0 bridgehead atoms. The standard InChI is InChI=1S/C19H14ClN3O3/c1-12-6-8-14-4-2-3-5-15(14)18(12)19(24)22-21-11-13-7-9-16(20)17(10-13)23(25)26/h2-11H,1H3,(H,22,24)/b21-11-. The highest BCUT2D eigenvalue weighted by Crippen LogP contribution is 2.24. The zero-order valence-electron chi connectivity index (χ0n) is 13.8. The summed E-state index contributed by atoms with van der Waals surface area (Å²) in [5.74, 6) is -0.348. The van der Waals surface area contributed by atoms with E-state index in [0.29, 0.717) is 11.1 Å². The molecular weight excluding hydrogens is 354 g/mol. The molecule has 0 atom stereocenters. The van der Waals surface area contributed by atoms with Crippen molar-refractivity contribution in [3.63, 3.8) is 0 Å². The van der Waals surface area contributed by atoms with E-state index in [1.165, 1.54) is 18.3 Å². The van der Waals surface area contributed by atoms with Gasteiger partial charge in [-0.15, -0.1) is 0 Å². The largest absolute Gasteiger partial charge is 0.288 e. The van der Waals surface area contributed by atoms with Gasteiger partial charge in [0, 0.05) is 11.6 Å². The van der Waals surface area contributed by atoms with E-state index in [4.69, 9.17) is 11.6 Å². The molecule has 0 saturated carbocycles. The quantitative estimate of drug-likeness (QED) is 0.419. The number of hydrogen-bond acceptors (Lipinski definition) is 4. The van der Waals surface area contributed by atoms with Crippen molar-refractivity contribution >= 4 is 40.2 Å². The van der Waals surface area contributed by atoms with Crippen LogP contribution in [0.3, 0.4) is 0 Å². The Hall–Kier alpha value is -3.25. The first-order valence-corrected chi connectivity index (χ1v) is 8.11. The first-order chi connectivity index (χ1) is 12.5. The van der Waals surface area contributed by atoms with Gasteiger partial charge in [0.15, 0.2) is 0 Å². The molecule has 0 aliphatic carbocycles. The Morgan fingerprint density at radius 3 is 2.73 bits per heavy atom. The van der Waals surface area contributed by atoms with Gasteiger partial charge in [0.1, 0.15) is 5.02 Å². The van der Waals surface area contributed by atoms with Crippen molar-refractivity contribution < 1.29 is 9.72 Å². The molecule has 7 heteroatoms. The summed E-state index contributed by atoms with van der Waals surface area (Å²) in [6.45, 7) is 1.85. The van der Waals surface area contributed by atoms with Crippen LogP contribution in [0.2, 0.25) is 5.02 Å². The summed E-state index contributed by atoms with van der Waals surface area (Å²) in [6, 6.07) is 15.7. The average Bonchev–Trinajstić information content (AvgIpc) is 2.62. The molecule has 0 unspecified atom stereocenters. The van der Waals surface area contributed by atoms with E-state index in [1.807, 2.05) is 43.3 Å². The van der Waals surface area contributed by atoms with Gasteiger partial charge in [-0.05, 0) is 29.3 Å². The molecule has 3 aromatic rings. The van der Waals surface area contributed by atoms with E-state index in [9.17, 15) is 14.9 Å². The van der Waals surface area contributed by atoms with E-state index in [0.717, 1.165) is 16.3 Å². The van der Waals surface area contributed by atoms with Gasteiger partial charge in [-0.1, -0.05) is 54.1 Å². The highest BCUT2D eigenvalue weighted by molar-refractivity contribution is 6.32. The maximum Gasteiger partial charge on any atom is 0.288 e. The fourth-order valence-electron chi connectivity index (χ4n) is 2.65. The summed E-state index contributed by atoms with van der Waals surface area (Å²) in [5, 5.41) is 16.7. The van der Waals surface area contributed by atoms with Gasteiger partial charge >= 0.3 is 0 Å². The van der Waals surface area contributed by atoms with Crippen LogP contribution in [0.15, 0.2) is 59.7 Å². The molecule has 6 nitrogen and oxygen atoms in total. The number of carbonyl (C=O) groups excluding carboxylic acids is 1. The van der Waals surface area contributed by atoms with Crippen LogP contribution in [-0.2, 0) is 0 Å². The fourth-order valence-corrected chi connectivity index (χ4v) is 2.84. The monoisotopic (exact) mass is 367 g/mol. The number of fused-ring (bicyclic) bond motifs is 1. The Morgan fingerprint density at radius 1 is 1.19 bits per heavy atom. The lowest BCUT2D eigenvalue weighted by Gasteiger charge is -2.08. The van der Waals surface area contributed by atoms with Crippen LogP contribution < -0.4 is 5.43 Å². The number of rotatable bonds is 4. The summed E-state index contributed by atoms with van der Waals surface area (Å²) >= 11 is 5.77. The van der Waals surface area contributed by atoms with Gasteiger partial charge in [0.05, 0.1) is 16.7 Å². The number of nitrogens with one attached hydrogen (secondary N) is 1. The number of hydrogen-bond donors (Lipinski definition) is 1. The number of benzene rings is 3. The maximum atomic E-state index is 12.5. The van der Waals surface area contributed by atoms with Gasteiger partial charge in [-0.25, -0.2) is 5.43 Å². The highest BCUT2D eigenvalue weighted by Gasteiger charge is 2.13. The van der Waals surface area contributed by atoms with Gasteiger partial charge < -0.3 is 0 Å². The molecule has 0 radical (unpaired) electrons. The van der Waals surface area contributed by atoms with Crippen molar-refractivity contribution in [3.8, 4) is 0 Å². The van der Waals surface area contributed by atoms with E-state index >= 15 is 0 Å². The predicted octanol–water partition coefficient (Wildman–Crippen LogP) is 4.47. The first-order valence-electron chi connectivity index (χ1n) is 7.73. The molecule has 1 amide bonds. The number of halogens is 1. The number of nitro groups is 1. The van der Waals surface area contributed by atoms with Crippen LogP contribution in [0.4, 0.5) is 5.69 Å². The van der Waals surface area contributed by atoms with Crippen LogP contribution in [-0.4, -0.2) is 17.0 Å². The number of nitro benzene ring substituents is 1. The molecule has 0 saturated heterocycles. The van der Waals surface area contributed by atoms with Crippen LogP contribution in [0.1, 0.15) is 21.5 Å². The minimum atomic E-state index is -0.572. The fraction of sp³-hybridized carbons (Fsp3) is 0.0526. The second-order valence-electron chi connectivity index (χ2n) is 5.65. The Bertz CT molecular complexity index is 1050. The molecule has 0 heterocycles. The van der Waals surface area contributed by atoms with Gasteiger partial charge in [-0.2, -0.15) is 5.10 Å². The van der Waals surface area contributed by atoms with Gasteiger partial charge in [0.25, 0.3) is 11.6 Å². The Labute approximate surface area is 154 Å². The molecule has 3 aromatic carbocycles. The predicted molar refractivity (Wildman–Crippen MR) is 102 cm³/mol. The Kier molecular flexibility index (Phi) is 4.95. The summed E-state index contributed by atoms with van der Waals surface area (Å²) in [6.07, 6.45) is 1.34. The first kappa shape index (κ1) is 17.6. The molecule has 0 fully saturated rings. The van der Waals surface area contributed by atoms with Crippen molar-refractivity contribution in [1.82, 2.24) is 5.43 Å². The number of hydrazone groups is 1. The number of aryl methyl sites for hydroxylation is 1. The molecule has 130 valence electrons. The Morgan fingerprint density at radius 2 is 1.96 bits per heavy atom. The molecule has 3 rings (SSSR count). The Balaban J connectivity index is 1.84. The second kappa shape index (κ2) is 7.33. The van der Waals surface area contributed by atoms with E-state index in [-0.39, 0.29) is 16.6 Å². The van der Waals surface area contributed by atoms with Crippen LogP contribution >= 0.6 is 11.6 Å². The minimum Gasteiger partial charge on any atom is -0.267 e. The maximum absolute atomic E-state index is 12.5. The highest BCUT2D eigenvalue weighted by atomic mass is 35.5. The second-order valence-corrected chi connectivity index (χ2v) is 6.05. The topological polar surface area (TPSA) is 84.6 Å². The third-order valence-corrected chi connectivity index (χ3v) is 4.23. The lowest BCUT2D eigenvalue weighted by atomic mass is 9.99. The summed E-state index contributed by atoms with van der Waals surface area (Å²) in [4.78, 5) is 22.9. The van der Waals surface area contributed by atoms with Crippen molar-refractivity contribution in [2.45, 2.75) is 6.92 Å². The van der Waals surface area contributed by atoms with E-state index < -0.39 is 4.92 Å². The molecule has 1 N–H and O–H groups in total. The van der Waals surface area contributed by atoms with Gasteiger partial charge in [-0.3, -0.25) is 14.9 Å². The number of amides is 1. The zero-order valence-corrected chi connectivity index (χ0v) is 14.5. The third kappa shape index (κ3) is 3.55. The van der Waals surface area contributed by atoms with Crippen molar-refractivity contribution in [1.29, 1.82) is 0 Å². The normalized spacial score (nSPS) is 11.0. The summed E-state index contributed by atoms with van der Waals surface area (Å²) in [7, 11) is 0. The minimum absolute atomic E-state index is 0.0440. The third-order valence-electron chi connectivity index (χ3n) is 3.91. The SMILES string of the molecule is Cc1ccc2ccccc2c1C(=O)N/N=C\c1ccc(Cl)c([N+](=O)[O-])c1. The molecule has 0 aliphatic rings. The smallest absolute Gasteiger partial charge is 0.267 e. The van der Waals surface area contributed by atoms with Crippen LogP contribution in [0.25, 0.3) is 10.8 Å². The van der Waals surface area contributed by atoms with Crippen molar-refractivity contribution in [2.75, 3.05) is 0 Å². The lowest BCUT2D eigenvalue weighted by molar-refractivity contribution is -0.384. The molecule has 0 aliphatic heterocycles. The summed E-state index contributed by atoms with van der Waals surface area (Å²) in [5.41, 5.74) is 4.09. The van der Waals surface area contributed by atoms with E-state index in [2.05, 4.69) is 10.5 Å². The lowest BCUT2D eigenvalue weighted by Crippen LogP contribution is -2.19.